The van der Waals surface area contributed by atoms with E-state index in [9.17, 15) is 0 Å². The van der Waals surface area contributed by atoms with Gasteiger partial charge in [0.2, 0.25) is 8.32 Å². The zero-order valence-electron chi connectivity index (χ0n) is 20.7. The molecule has 0 unspecified atom stereocenters. The monoisotopic (exact) mass is 471 g/mol. The normalized spacial score (nSPS) is 23.1. The van der Waals surface area contributed by atoms with Crippen molar-refractivity contribution in [2.45, 2.75) is 93.7 Å². The quantitative estimate of drug-likeness (QED) is 0.386. The first-order chi connectivity index (χ1) is 15.3. The lowest BCUT2D eigenvalue weighted by molar-refractivity contribution is -0.107. The molecule has 1 saturated heterocycles. The second kappa shape index (κ2) is 11.3. The number of nitrogens with one attached hydrogen (secondary N) is 1. The number of hydrogen-bond acceptors (Lipinski definition) is 4. The molecule has 0 saturated carbocycles. The average Bonchev–Trinajstić information content (AvgIpc) is 2.78. The lowest BCUT2D eigenvalue weighted by atomic mass is 10.0. The standard InChI is InChI=1S/C27H41NO2SSi/c1-19(2)32(20(3)4,21(5)6)30-22(7)27-28-18-25(31-24-16-12-9-13-17-24)26(29-27)23-14-10-8-11-15-23/h8-17,19-22,25-28H,18H2,1-7H3/t22-,25+,26-,27+/m0/s1. The van der Waals surface area contributed by atoms with Crippen LogP contribution in [-0.4, -0.2) is 32.4 Å². The van der Waals surface area contributed by atoms with E-state index >= 15 is 0 Å². The summed E-state index contributed by atoms with van der Waals surface area (Å²) in [4.78, 5) is 1.28. The minimum absolute atomic E-state index is 0.00255. The largest absolute Gasteiger partial charge is 0.409 e. The first kappa shape index (κ1) is 25.5. The molecule has 32 heavy (non-hydrogen) atoms. The molecule has 3 nitrogen and oxygen atoms in total. The Morgan fingerprint density at radius 1 is 0.844 bits per heavy atom. The van der Waals surface area contributed by atoms with Crippen LogP contribution in [0, 0.1) is 0 Å². The summed E-state index contributed by atoms with van der Waals surface area (Å²) in [6.07, 6.45) is -0.0920. The predicted molar refractivity (Wildman–Crippen MR) is 140 cm³/mol. The SMILES string of the molecule is CC(C)[Si](O[C@@H](C)[C@@H]1NC[C@@H](Sc2ccccc2)[C@H](c2ccccc2)O1)(C(C)C)C(C)C. The second-order valence-corrected chi connectivity index (χ2v) is 16.6. The van der Waals surface area contributed by atoms with Gasteiger partial charge in [-0.2, -0.15) is 0 Å². The summed E-state index contributed by atoms with van der Waals surface area (Å²) >= 11 is 1.89. The molecule has 1 N–H and O–H groups in total. The topological polar surface area (TPSA) is 30.5 Å². The molecule has 0 amide bonds. The van der Waals surface area contributed by atoms with Crippen LogP contribution in [0.15, 0.2) is 65.6 Å². The van der Waals surface area contributed by atoms with Crippen molar-refractivity contribution in [3.05, 3.63) is 66.2 Å². The zero-order chi connectivity index (χ0) is 23.3. The summed E-state index contributed by atoms with van der Waals surface area (Å²) in [5.74, 6) is 0. The zero-order valence-corrected chi connectivity index (χ0v) is 22.6. The fourth-order valence-electron chi connectivity index (χ4n) is 5.41. The van der Waals surface area contributed by atoms with E-state index in [1.807, 2.05) is 11.8 Å². The molecule has 1 aliphatic heterocycles. The molecular weight excluding hydrogens is 430 g/mol. The van der Waals surface area contributed by atoms with Crippen LogP contribution in [-0.2, 0) is 9.16 Å². The van der Waals surface area contributed by atoms with Crippen LogP contribution in [0.25, 0.3) is 0 Å². The molecule has 3 rings (SSSR count). The Balaban J connectivity index is 1.81. The molecular formula is C27H41NO2SSi. The van der Waals surface area contributed by atoms with Crippen molar-refractivity contribution in [1.29, 1.82) is 0 Å². The number of ether oxygens (including phenoxy) is 1. The van der Waals surface area contributed by atoms with Crippen molar-refractivity contribution in [3.63, 3.8) is 0 Å². The smallest absolute Gasteiger partial charge is 0.200 e. The van der Waals surface area contributed by atoms with E-state index in [4.69, 9.17) is 9.16 Å². The van der Waals surface area contributed by atoms with E-state index in [-0.39, 0.29) is 18.4 Å². The van der Waals surface area contributed by atoms with Crippen molar-refractivity contribution in [1.82, 2.24) is 5.32 Å². The highest BCUT2D eigenvalue weighted by molar-refractivity contribution is 8.00. The van der Waals surface area contributed by atoms with E-state index in [0.717, 1.165) is 6.54 Å². The predicted octanol–water partition coefficient (Wildman–Crippen LogP) is 7.42. The molecule has 5 heteroatoms. The number of hydrogen-bond donors (Lipinski definition) is 1. The van der Waals surface area contributed by atoms with Crippen LogP contribution in [0.3, 0.4) is 0 Å². The van der Waals surface area contributed by atoms with Gasteiger partial charge in [0.25, 0.3) is 0 Å². The number of thioether (sulfide) groups is 1. The maximum absolute atomic E-state index is 7.04. The molecule has 0 aliphatic carbocycles. The maximum atomic E-state index is 7.04. The number of rotatable bonds is 9. The molecule has 1 fully saturated rings. The van der Waals surface area contributed by atoms with E-state index in [1.165, 1.54) is 10.5 Å². The third kappa shape index (κ3) is 5.68. The Morgan fingerprint density at radius 3 is 1.91 bits per heavy atom. The summed E-state index contributed by atoms with van der Waals surface area (Å²) < 4.78 is 13.8. The Bertz CT molecular complexity index is 793. The molecule has 0 aromatic heterocycles. The van der Waals surface area contributed by atoms with Crippen molar-refractivity contribution >= 4 is 20.1 Å². The summed E-state index contributed by atoms with van der Waals surface area (Å²) in [6, 6.07) is 21.3. The van der Waals surface area contributed by atoms with Crippen LogP contribution in [0.4, 0.5) is 0 Å². The fraction of sp³-hybridized carbons (Fsp3) is 0.556. The molecule has 0 spiro atoms. The van der Waals surface area contributed by atoms with Crippen LogP contribution >= 0.6 is 11.8 Å². The first-order valence-electron chi connectivity index (χ1n) is 12.1. The minimum Gasteiger partial charge on any atom is -0.409 e. The molecule has 2 aromatic carbocycles. The van der Waals surface area contributed by atoms with Gasteiger partial charge in [0.05, 0.1) is 17.5 Å². The summed E-state index contributed by atoms with van der Waals surface area (Å²) in [6.45, 7) is 17.1. The average molecular weight is 472 g/mol. The van der Waals surface area contributed by atoms with Gasteiger partial charge in [0.15, 0.2) is 0 Å². The van der Waals surface area contributed by atoms with Gasteiger partial charge in [0.1, 0.15) is 6.23 Å². The van der Waals surface area contributed by atoms with Crippen molar-refractivity contribution in [2.75, 3.05) is 6.54 Å². The Labute approximate surface area is 200 Å². The maximum Gasteiger partial charge on any atom is 0.200 e. The van der Waals surface area contributed by atoms with Gasteiger partial charge in [-0.15, -0.1) is 11.8 Å². The highest BCUT2D eigenvalue weighted by Crippen LogP contribution is 2.44. The van der Waals surface area contributed by atoms with Gasteiger partial charge in [-0.05, 0) is 41.2 Å². The summed E-state index contributed by atoms with van der Waals surface area (Å²) in [7, 11) is -1.98. The minimum atomic E-state index is -1.98. The second-order valence-electron chi connectivity index (χ2n) is 9.91. The first-order valence-corrected chi connectivity index (χ1v) is 15.1. The van der Waals surface area contributed by atoms with Crippen molar-refractivity contribution < 1.29 is 9.16 Å². The van der Waals surface area contributed by atoms with E-state index in [2.05, 4.69) is 114 Å². The van der Waals surface area contributed by atoms with E-state index in [0.29, 0.717) is 21.9 Å². The highest BCUT2D eigenvalue weighted by Gasteiger charge is 2.48. The van der Waals surface area contributed by atoms with Crippen LogP contribution in [0.5, 0.6) is 0 Å². The van der Waals surface area contributed by atoms with Crippen LogP contribution < -0.4 is 5.32 Å². The lowest BCUT2D eigenvalue weighted by Gasteiger charge is -2.47. The van der Waals surface area contributed by atoms with Gasteiger partial charge in [0, 0.05) is 11.4 Å². The number of benzene rings is 2. The Hall–Kier alpha value is -1.11. The molecule has 2 aromatic rings. The van der Waals surface area contributed by atoms with Crippen LogP contribution in [0.1, 0.15) is 60.1 Å². The lowest BCUT2D eigenvalue weighted by Crippen LogP contribution is -2.57. The summed E-state index contributed by atoms with van der Waals surface area (Å²) in [5.41, 5.74) is 2.90. The van der Waals surface area contributed by atoms with Crippen molar-refractivity contribution in [3.8, 4) is 0 Å². The molecule has 176 valence electrons. The molecule has 1 heterocycles. The van der Waals surface area contributed by atoms with E-state index < -0.39 is 8.32 Å². The fourth-order valence-corrected chi connectivity index (χ4v) is 12.2. The molecule has 0 bridgehead atoms. The highest BCUT2D eigenvalue weighted by atomic mass is 32.2. The summed E-state index contributed by atoms with van der Waals surface area (Å²) in [5, 5.41) is 3.98. The Morgan fingerprint density at radius 2 is 1.38 bits per heavy atom. The van der Waals surface area contributed by atoms with Crippen molar-refractivity contribution in [2.24, 2.45) is 0 Å². The van der Waals surface area contributed by atoms with E-state index in [1.54, 1.807) is 0 Å². The van der Waals surface area contributed by atoms with Gasteiger partial charge in [-0.25, -0.2) is 0 Å². The van der Waals surface area contributed by atoms with Gasteiger partial charge in [-0.1, -0.05) is 90.1 Å². The van der Waals surface area contributed by atoms with Crippen LogP contribution in [0.2, 0.25) is 16.6 Å². The van der Waals surface area contributed by atoms with Gasteiger partial charge < -0.3 is 9.16 Å². The molecule has 4 atom stereocenters. The third-order valence-corrected chi connectivity index (χ3v) is 14.3. The third-order valence-electron chi connectivity index (χ3n) is 6.83. The van der Waals surface area contributed by atoms with Gasteiger partial charge >= 0.3 is 0 Å². The van der Waals surface area contributed by atoms with Gasteiger partial charge in [-0.3, -0.25) is 5.32 Å². The molecule has 1 aliphatic rings. The molecule has 0 radical (unpaired) electrons. The Kier molecular flexibility index (Phi) is 9.04.